The number of nitrogens with zero attached hydrogens (tertiary/aromatic N) is 16. The van der Waals surface area contributed by atoms with E-state index < -0.39 is 0 Å². The number of fused-ring (bicyclic) bond motifs is 20. The van der Waals surface area contributed by atoms with Crippen molar-refractivity contribution in [1.82, 2.24) is 18.7 Å². The number of hydrogen-bond donors (Lipinski definition) is 0. The van der Waals surface area contributed by atoms with Crippen LogP contribution in [0.4, 0.5) is 45.5 Å². The van der Waals surface area contributed by atoms with Gasteiger partial charge in [0.25, 0.3) is 0 Å². The Morgan fingerprint density at radius 2 is 0.716 bits per heavy atom. The van der Waals surface area contributed by atoms with Crippen LogP contribution in [0, 0.1) is 108 Å². The lowest BCUT2D eigenvalue weighted by atomic mass is 10.0. The van der Waals surface area contributed by atoms with Gasteiger partial charge in [0.05, 0.1) is 58.1 Å². The lowest BCUT2D eigenvalue weighted by Crippen LogP contribution is -2.36. The van der Waals surface area contributed by atoms with E-state index in [1.54, 1.807) is 24.3 Å². The molecule has 0 radical (unpaired) electrons. The Kier molecular flexibility index (Phi) is 12.9. The molecule has 8 heterocycles. The normalized spacial score (nSPS) is 11.8. The summed E-state index contributed by atoms with van der Waals surface area (Å²) in [4.78, 5) is 28.5. The van der Waals surface area contributed by atoms with Crippen molar-refractivity contribution >= 4 is 89.1 Å². The van der Waals surface area contributed by atoms with Crippen LogP contribution in [0.2, 0.25) is 0 Å². The second kappa shape index (κ2) is 20.7. The maximum Gasteiger partial charge on any atom is 0.207 e. The van der Waals surface area contributed by atoms with Crippen molar-refractivity contribution in [3.05, 3.63) is 280 Å². The molecule has 16 rings (SSSR count). The quantitative estimate of drug-likeness (QED) is 0.107. The minimum atomic E-state index is 0.517. The third kappa shape index (κ3) is 8.57. The molecular weight excluding hydrogens is 1090 g/mol. The molecule has 0 fully saturated rings. The van der Waals surface area contributed by atoms with Gasteiger partial charge in [-0.05, 0) is 173 Å². The smallest absolute Gasteiger partial charge is 0.207 e. The van der Waals surface area contributed by atoms with Crippen molar-refractivity contribution in [2.24, 2.45) is 0 Å². The molecule has 0 atom stereocenters. The van der Waals surface area contributed by atoms with Gasteiger partial charge in [-0.1, -0.05) is 23.8 Å². The van der Waals surface area contributed by atoms with Crippen LogP contribution in [0.5, 0.6) is 0 Å². The Hall–Kier alpha value is -12.4. The zero-order valence-electron chi connectivity index (χ0n) is 49.5. The molecule has 0 aliphatic carbocycles. The second-order valence-electron chi connectivity index (χ2n) is 22.9. The molecule has 4 aromatic heterocycles. The van der Waals surface area contributed by atoms with Crippen LogP contribution >= 0.6 is 0 Å². The van der Waals surface area contributed by atoms with E-state index >= 15 is 0 Å². The van der Waals surface area contributed by atoms with Gasteiger partial charge in [0.15, 0.2) is 48.9 Å². The first-order valence-corrected chi connectivity index (χ1v) is 28.3. The summed E-state index contributed by atoms with van der Waals surface area (Å²) in [6.07, 6.45) is 8.14. The predicted molar refractivity (Wildman–Crippen MR) is 338 cm³/mol. The molecule has 416 valence electrons. The lowest BCUT2D eigenvalue weighted by molar-refractivity contribution is -0.749. The van der Waals surface area contributed by atoms with Crippen molar-refractivity contribution in [2.45, 2.75) is 81.6 Å². The van der Waals surface area contributed by atoms with Crippen LogP contribution in [0.15, 0.2) is 122 Å². The number of hydrogen-bond acceptors (Lipinski definition) is 0. The standard InChI is InChI=1S/4C18H13N4/c1-11-5-13-9-21-10-14-7-15(19-3)8-16(20-4)18(14)22(21)17(13)6-12(11)2;1-11-5-12(2)15-10-21-9-13-7-14(19-3)8-16(20-4)18(13)22(21)17(15)6-11;1-11-5-12(2)17-13(6-11)9-21-10-14-7-15(19-3)8-16(20-4)18(14)22(17)21;1-11-5-6-13-9-21-10-14-7-15(19-3)8-16(20-4)18(14)22(21)17(13)12(11)2/h5-8,10H,9H2,1-2H3;5-9H,10H2,1-2H3;2*5-8,10H,9H2,1-2H3/q4*+1. The fourth-order valence-corrected chi connectivity index (χ4v) is 13.3. The van der Waals surface area contributed by atoms with Gasteiger partial charge < -0.3 is 0 Å². The average molecular weight is 1140 g/mol. The van der Waals surface area contributed by atoms with E-state index in [2.05, 4.69) is 180 Å². The van der Waals surface area contributed by atoms with Gasteiger partial charge in [-0.25, -0.2) is 38.8 Å². The minimum absolute atomic E-state index is 0.517. The molecule has 0 spiro atoms. The van der Waals surface area contributed by atoms with Crippen LogP contribution in [0.1, 0.15) is 66.8 Å². The summed E-state index contributed by atoms with van der Waals surface area (Å²) in [6, 6.07) is 31.6. The second-order valence-corrected chi connectivity index (χ2v) is 22.9. The number of benzene rings is 8. The highest BCUT2D eigenvalue weighted by Crippen LogP contribution is 2.41. The van der Waals surface area contributed by atoms with Crippen LogP contribution in [0.3, 0.4) is 0 Å². The van der Waals surface area contributed by atoms with Crippen LogP contribution in [0.25, 0.3) is 105 Å². The Balaban J connectivity index is 0.000000108. The molecule has 0 saturated carbocycles. The molecule has 0 N–H and O–H groups in total. The molecule has 4 aliphatic rings. The SMILES string of the molecule is [C-]#[N+]c1cc([N+]#[C-])c2c(c1)c[n+]1n2-c2c(C)cc(C)cc2C1.[C-]#[N+]c1cc([N+]#[C-])c2c(c1)c[n+]1n2-c2c(ccc(C)c2C)C1.[C-]#[N+]c1cc([N+]#[C-])c2c(c1)c[n+]1n2-c2cc(C)c(C)cc2C1.[C-]#[N+]c1cc([N+]#[C-])c2c(c1)c[n+]1n2-c2cc(C)cc(C)c2C1. The number of aryl methyl sites for hydroxylation is 7. The Morgan fingerprint density at radius 3 is 1.20 bits per heavy atom. The maximum atomic E-state index is 7.48. The van der Waals surface area contributed by atoms with Gasteiger partial charge in [0, 0.05) is 38.2 Å². The molecule has 16 nitrogen and oxygen atoms in total. The van der Waals surface area contributed by atoms with Gasteiger partial charge in [0.2, 0.25) is 47.5 Å². The van der Waals surface area contributed by atoms with Crippen molar-refractivity contribution in [3.63, 3.8) is 0 Å². The van der Waals surface area contributed by atoms with Gasteiger partial charge in [-0.15, -0.1) is 37.5 Å². The third-order valence-electron chi connectivity index (χ3n) is 17.2. The largest absolute Gasteiger partial charge is 0.239 e. The molecule has 0 unspecified atom stereocenters. The van der Waals surface area contributed by atoms with Crippen LogP contribution in [-0.2, 0) is 26.2 Å². The molecule has 4 aliphatic heterocycles. The van der Waals surface area contributed by atoms with E-state index in [9.17, 15) is 0 Å². The third-order valence-corrected chi connectivity index (χ3v) is 17.2. The van der Waals surface area contributed by atoms with Gasteiger partial charge in [-0.3, -0.25) is 0 Å². The van der Waals surface area contributed by atoms with E-state index in [-0.39, 0.29) is 0 Å². The molecule has 12 aromatic rings. The van der Waals surface area contributed by atoms with Gasteiger partial charge in [0.1, 0.15) is 44.8 Å². The van der Waals surface area contributed by atoms with Crippen LogP contribution in [-0.4, -0.2) is 18.7 Å². The van der Waals surface area contributed by atoms with Crippen molar-refractivity contribution in [3.8, 4) is 22.7 Å². The van der Waals surface area contributed by atoms with E-state index in [0.717, 1.165) is 81.2 Å². The summed E-state index contributed by atoms with van der Waals surface area (Å²) < 4.78 is 17.0. The molecule has 8 aromatic carbocycles. The highest BCUT2D eigenvalue weighted by Gasteiger charge is 2.35. The molecule has 0 bridgehead atoms. The number of aromatic nitrogens is 8. The monoisotopic (exact) mass is 1140 g/mol. The average Bonchev–Trinajstić information content (AvgIpc) is 1.74. The topological polar surface area (TPSA) is 70.1 Å². The highest BCUT2D eigenvalue weighted by atomic mass is 15.4. The maximum absolute atomic E-state index is 7.48. The van der Waals surface area contributed by atoms with Gasteiger partial charge >= 0.3 is 0 Å². The summed E-state index contributed by atoms with van der Waals surface area (Å²) in [5, 5.41) is 3.80. The van der Waals surface area contributed by atoms with Crippen molar-refractivity contribution in [2.75, 3.05) is 0 Å². The van der Waals surface area contributed by atoms with Gasteiger partial charge in [-0.2, -0.15) is 0 Å². The molecule has 16 heteroatoms. The predicted octanol–water partition coefficient (Wildman–Crippen LogP) is 16.0. The Morgan fingerprint density at radius 1 is 0.318 bits per heavy atom. The Labute approximate surface area is 508 Å². The van der Waals surface area contributed by atoms with E-state index in [1.807, 2.05) is 49.1 Å². The summed E-state index contributed by atoms with van der Waals surface area (Å²) in [5.74, 6) is 0. The zero-order valence-corrected chi connectivity index (χ0v) is 49.5. The van der Waals surface area contributed by atoms with Crippen molar-refractivity contribution in [1.29, 1.82) is 0 Å². The molecular formula is C72H52N16+4. The first-order chi connectivity index (χ1) is 42.5. The lowest BCUT2D eigenvalue weighted by Gasteiger charge is -2.06. The molecule has 0 saturated heterocycles. The summed E-state index contributed by atoms with van der Waals surface area (Å²) >= 11 is 0. The first-order valence-electron chi connectivity index (χ1n) is 28.3. The summed E-state index contributed by atoms with van der Waals surface area (Å²) in [5.41, 5.74) is 27.5. The summed E-state index contributed by atoms with van der Waals surface area (Å²) in [6.45, 7) is 78.8. The summed E-state index contributed by atoms with van der Waals surface area (Å²) in [7, 11) is 0. The molecule has 88 heavy (non-hydrogen) atoms. The van der Waals surface area contributed by atoms with Crippen LogP contribution < -0.4 is 18.7 Å². The van der Waals surface area contributed by atoms with E-state index in [4.69, 9.17) is 52.6 Å². The Bertz CT molecular complexity index is 5540. The van der Waals surface area contributed by atoms with E-state index in [0.29, 0.717) is 45.5 Å². The first kappa shape index (κ1) is 54.8. The van der Waals surface area contributed by atoms with Crippen molar-refractivity contribution < 1.29 is 18.7 Å². The molecule has 0 amide bonds. The zero-order chi connectivity index (χ0) is 61.7. The van der Waals surface area contributed by atoms with E-state index in [1.165, 1.54) is 78.1 Å². The fourth-order valence-electron chi connectivity index (χ4n) is 13.3. The fraction of sp³-hybridized carbons (Fsp3) is 0.167. The number of rotatable bonds is 0. The minimum Gasteiger partial charge on any atom is -0.239 e. The highest BCUT2D eigenvalue weighted by molar-refractivity contribution is 5.98.